The quantitative estimate of drug-likeness (QED) is 0.623. The minimum absolute atomic E-state index is 0.0163. The predicted octanol–water partition coefficient (Wildman–Crippen LogP) is 1.40. The molecule has 1 amide bonds. The van der Waals surface area contributed by atoms with Gasteiger partial charge in [0.05, 0.1) is 12.0 Å². The van der Waals surface area contributed by atoms with Crippen LogP contribution in [0.5, 0.6) is 0 Å². The highest BCUT2D eigenvalue weighted by molar-refractivity contribution is 5.76. The molecule has 2 aliphatic rings. The summed E-state index contributed by atoms with van der Waals surface area (Å²) in [4.78, 5) is 46.2. The molecule has 0 atom stereocenters. The molecule has 0 bridgehead atoms. The summed E-state index contributed by atoms with van der Waals surface area (Å²) in [6.45, 7) is 2.45. The van der Waals surface area contributed by atoms with E-state index in [1.807, 2.05) is 24.3 Å². The molecule has 1 aliphatic heterocycles. The molecule has 32 heavy (non-hydrogen) atoms. The molecule has 0 radical (unpaired) electrons. The van der Waals surface area contributed by atoms with Crippen molar-refractivity contribution in [3.8, 4) is 0 Å². The Morgan fingerprint density at radius 1 is 1.00 bits per heavy atom. The van der Waals surface area contributed by atoms with E-state index in [0.717, 1.165) is 24.4 Å². The second-order valence-corrected chi connectivity index (χ2v) is 8.02. The van der Waals surface area contributed by atoms with E-state index in [0.29, 0.717) is 43.7 Å². The smallest absolute Gasteiger partial charge is 0.254 e. The summed E-state index contributed by atoms with van der Waals surface area (Å²) in [7, 11) is 0. The summed E-state index contributed by atoms with van der Waals surface area (Å²) in [6.07, 6.45) is 6.91. The maximum Gasteiger partial charge on any atom is 0.254 e. The van der Waals surface area contributed by atoms with Gasteiger partial charge in [-0.1, -0.05) is 6.07 Å². The van der Waals surface area contributed by atoms with Crippen LogP contribution >= 0.6 is 0 Å². The van der Waals surface area contributed by atoms with E-state index in [9.17, 15) is 9.59 Å². The van der Waals surface area contributed by atoms with Crippen LogP contribution in [0, 0.1) is 0 Å². The lowest BCUT2D eigenvalue weighted by atomic mass is 10.3. The molecule has 3 aromatic rings. The normalized spacial score (nSPS) is 16.1. The van der Waals surface area contributed by atoms with Gasteiger partial charge < -0.3 is 15.1 Å². The van der Waals surface area contributed by atoms with Crippen LogP contribution in [0.15, 0.2) is 54.0 Å². The lowest BCUT2D eigenvalue weighted by Crippen LogP contribution is -2.50. The van der Waals surface area contributed by atoms with Crippen LogP contribution in [-0.2, 0) is 11.3 Å². The van der Waals surface area contributed by atoms with Crippen molar-refractivity contribution in [1.82, 2.24) is 29.4 Å². The van der Waals surface area contributed by atoms with Crippen LogP contribution in [0.25, 0.3) is 0 Å². The third-order valence-corrected chi connectivity index (χ3v) is 5.73. The summed E-state index contributed by atoms with van der Waals surface area (Å²) in [5, 5.41) is 3.17. The zero-order chi connectivity index (χ0) is 21.9. The summed E-state index contributed by atoms with van der Waals surface area (Å²) in [5.74, 6) is 2.51. The van der Waals surface area contributed by atoms with Gasteiger partial charge in [0.2, 0.25) is 5.91 Å². The highest BCUT2D eigenvalue weighted by Gasteiger charge is 2.26. The van der Waals surface area contributed by atoms with E-state index in [-0.39, 0.29) is 18.0 Å². The SMILES string of the molecule is O=C(Cn1cnc(C2CC2)cc1=O)N1CCN(c2cc(Nc3ccccn3)ncn2)CC1. The lowest BCUT2D eigenvalue weighted by molar-refractivity contribution is -0.132. The predicted molar refractivity (Wildman–Crippen MR) is 119 cm³/mol. The van der Waals surface area contributed by atoms with E-state index in [1.54, 1.807) is 17.2 Å². The number of pyridine rings is 1. The molecule has 164 valence electrons. The van der Waals surface area contributed by atoms with Crippen molar-refractivity contribution in [1.29, 1.82) is 0 Å². The molecule has 2 fully saturated rings. The van der Waals surface area contributed by atoms with Gasteiger partial charge in [-0.05, 0) is 25.0 Å². The molecule has 1 saturated heterocycles. The van der Waals surface area contributed by atoms with Gasteiger partial charge in [-0.15, -0.1) is 0 Å². The molecule has 10 nitrogen and oxygen atoms in total. The van der Waals surface area contributed by atoms with E-state index in [2.05, 4.69) is 30.2 Å². The zero-order valence-corrected chi connectivity index (χ0v) is 17.6. The second-order valence-electron chi connectivity index (χ2n) is 8.02. The van der Waals surface area contributed by atoms with Gasteiger partial charge in [0.15, 0.2) is 0 Å². The molecule has 1 N–H and O–H groups in total. The second kappa shape index (κ2) is 8.74. The molecule has 0 spiro atoms. The first kappa shape index (κ1) is 20.1. The molecule has 0 unspecified atom stereocenters. The number of amides is 1. The Kier molecular flexibility index (Phi) is 5.49. The topological polar surface area (TPSA) is 109 Å². The first-order valence-corrected chi connectivity index (χ1v) is 10.7. The number of hydrogen-bond donors (Lipinski definition) is 1. The van der Waals surface area contributed by atoms with Crippen molar-refractivity contribution in [3.63, 3.8) is 0 Å². The minimum atomic E-state index is -0.164. The van der Waals surface area contributed by atoms with E-state index < -0.39 is 0 Å². The fourth-order valence-corrected chi connectivity index (χ4v) is 3.75. The first-order valence-electron chi connectivity index (χ1n) is 10.7. The van der Waals surface area contributed by atoms with Gasteiger partial charge >= 0.3 is 0 Å². The number of anilines is 3. The highest BCUT2D eigenvalue weighted by atomic mass is 16.2. The van der Waals surface area contributed by atoms with Gasteiger partial charge in [-0.2, -0.15) is 0 Å². The maximum atomic E-state index is 12.7. The number of piperazine rings is 1. The molecule has 5 rings (SSSR count). The third-order valence-electron chi connectivity index (χ3n) is 5.73. The average molecular weight is 432 g/mol. The van der Waals surface area contributed by atoms with Gasteiger partial charge in [0.25, 0.3) is 5.56 Å². The molecule has 4 heterocycles. The van der Waals surface area contributed by atoms with Crippen LogP contribution < -0.4 is 15.8 Å². The van der Waals surface area contributed by atoms with Crippen LogP contribution in [0.4, 0.5) is 17.5 Å². The van der Waals surface area contributed by atoms with Crippen molar-refractivity contribution in [2.24, 2.45) is 0 Å². The third kappa shape index (κ3) is 4.58. The lowest BCUT2D eigenvalue weighted by Gasteiger charge is -2.35. The number of carbonyl (C=O) groups excluding carboxylic acids is 1. The van der Waals surface area contributed by atoms with Crippen molar-refractivity contribution in [2.45, 2.75) is 25.3 Å². The van der Waals surface area contributed by atoms with E-state index in [1.165, 1.54) is 17.2 Å². The maximum absolute atomic E-state index is 12.7. The largest absolute Gasteiger partial charge is 0.353 e. The van der Waals surface area contributed by atoms with Crippen molar-refractivity contribution < 1.29 is 4.79 Å². The van der Waals surface area contributed by atoms with Gasteiger partial charge in [-0.3, -0.25) is 14.2 Å². The number of nitrogens with zero attached hydrogens (tertiary/aromatic N) is 7. The van der Waals surface area contributed by atoms with Crippen molar-refractivity contribution in [3.05, 3.63) is 65.2 Å². The zero-order valence-electron chi connectivity index (χ0n) is 17.6. The molecule has 1 saturated carbocycles. The molecular formula is C22H24N8O2. The van der Waals surface area contributed by atoms with Gasteiger partial charge in [0.1, 0.15) is 30.3 Å². The van der Waals surface area contributed by atoms with Crippen molar-refractivity contribution in [2.75, 3.05) is 36.4 Å². The first-order chi connectivity index (χ1) is 15.7. The fourth-order valence-electron chi connectivity index (χ4n) is 3.75. The molecule has 3 aromatic heterocycles. The Morgan fingerprint density at radius 3 is 2.56 bits per heavy atom. The van der Waals surface area contributed by atoms with Crippen molar-refractivity contribution >= 4 is 23.4 Å². The summed E-state index contributed by atoms with van der Waals surface area (Å²) >= 11 is 0. The molecule has 10 heteroatoms. The Hall–Kier alpha value is -3.82. The molecule has 1 aliphatic carbocycles. The molecule has 0 aromatic carbocycles. The number of carbonyl (C=O) groups is 1. The van der Waals surface area contributed by atoms with Crippen LogP contribution in [-0.4, -0.2) is 61.5 Å². The monoisotopic (exact) mass is 432 g/mol. The van der Waals surface area contributed by atoms with Gasteiger partial charge in [-0.25, -0.2) is 19.9 Å². The van der Waals surface area contributed by atoms with E-state index >= 15 is 0 Å². The Balaban J connectivity index is 1.17. The molecular weight excluding hydrogens is 408 g/mol. The number of hydrogen-bond acceptors (Lipinski definition) is 8. The standard InChI is InChI=1S/C22H24N8O2/c31-21-11-17(16-4-5-16)26-15-30(21)13-22(32)29-9-7-28(8-10-29)20-12-19(24-14-25-20)27-18-3-1-2-6-23-18/h1-3,6,11-12,14-16H,4-5,7-10,13H2,(H,23,24,25,27). The average Bonchev–Trinajstić information content (AvgIpc) is 3.67. The number of aromatic nitrogens is 5. The van der Waals surface area contributed by atoms with E-state index in [4.69, 9.17) is 0 Å². The summed E-state index contributed by atoms with van der Waals surface area (Å²) < 4.78 is 1.39. The van der Waals surface area contributed by atoms with Gasteiger partial charge in [0, 0.05) is 50.4 Å². The number of rotatable bonds is 6. The highest BCUT2D eigenvalue weighted by Crippen LogP contribution is 2.38. The summed E-state index contributed by atoms with van der Waals surface area (Å²) in [6, 6.07) is 9.06. The van der Waals surface area contributed by atoms with Crippen LogP contribution in [0.1, 0.15) is 24.5 Å². The van der Waals surface area contributed by atoms with Crippen LogP contribution in [0.2, 0.25) is 0 Å². The Labute approximate surface area is 185 Å². The Bertz CT molecular complexity index is 1150. The minimum Gasteiger partial charge on any atom is -0.353 e. The number of nitrogens with one attached hydrogen (secondary N) is 1. The fraction of sp³-hybridized carbons (Fsp3) is 0.364. The van der Waals surface area contributed by atoms with Crippen LogP contribution in [0.3, 0.4) is 0 Å². The Morgan fingerprint density at radius 2 is 1.84 bits per heavy atom. The summed E-state index contributed by atoms with van der Waals surface area (Å²) in [5.41, 5.74) is 0.678.